The zero-order valence-electron chi connectivity index (χ0n) is 10.7. The molecule has 0 N–H and O–H groups in total. The molecule has 0 unspecified atom stereocenters. The van der Waals surface area contributed by atoms with Crippen molar-refractivity contribution < 1.29 is 0 Å². The highest BCUT2D eigenvalue weighted by molar-refractivity contribution is 8.27. The fourth-order valence-electron chi connectivity index (χ4n) is 1.94. The van der Waals surface area contributed by atoms with E-state index in [2.05, 4.69) is 60.2 Å². The molecule has 0 saturated carbocycles. The molecule has 4 heteroatoms. The van der Waals surface area contributed by atoms with E-state index >= 15 is 0 Å². The molecule has 92 valence electrons. The lowest BCUT2D eigenvalue weighted by Gasteiger charge is -2.19. The number of rotatable bonds is 1. The Morgan fingerprint density at radius 3 is 2.44 bits per heavy atom. The lowest BCUT2D eigenvalue weighted by Crippen LogP contribution is -2.10. The fraction of sp³-hybridized carbons (Fsp3) is 0.357. The minimum absolute atomic E-state index is 0.0623. The van der Waals surface area contributed by atoms with Gasteiger partial charge in [0.15, 0.2) is 0 Å². The molecule has 1 aromatic rings. The maximum Gasteiger partial charge on any atom is 0.138 e. The standard InChI is InChI=1S/C14H15N3S/c1-14(2,3)10-6-4-9(5-7-10)12-16-11-8-15-17-13(11)18-12/h4-8,11H,1-3H3/t11-/m0/s1. The van der Waals surface area contributed by atoms with Crippen LogP contribution in [0.15, 0.2) is 39.5 Å². The second-order valence-electron chi connectivity index (χ2n) is 5.51. The Balaban J connectivity index is 1.87. The highest BCUT2D eigenvalue weighted by Gasteiger charge is 2.28. The fourth-order valence-corrected chi connectivity index (χ4v) is 2.88. The van der Waals surface area contributed by atoms with E-state index in [0.717, 1.165) is 10.1 Å². The van der Waals surface area contributed by atoms with Crippen LogP contribution < -0.4 is 0 Å². The van der Waals surface area contributed by atoms with Gasteiger partial charge in [-0.3, -0.25) is 4.99 Å². The van der Waals surface area contributed by atoms with E-state index in [1.54, 1.807) is 18.0 Å². The van der Waals surface area contributed by atoms with Gasteiger partial charge >= 0.3 is 0 Å². The van der Waals surface area contributed by atoms with Gasteiger partial charge in [-0.1, -0.05) is 45.0 Å². The first-order valence-corrected chi connectivity index (χ1v) is 6.83. The highest BCUT2D eigenvalue weighted by atomic mass is 32.2. The average molecular weight is 257 g/mol. The lowest BCUT2D eigenvalue weighted by molar-refractivity contribution is 0.590. The van der Waals surface area contributed by atoms with Gasteiger partial charge in [0.1, 0.15) is 16.1 Å². The summed E-state index contributed by atoms with van der Waals surface area (Å²) in [4.78, 5) is 4.61. The molecule has 0 bridgehead atoms. The quantitative estimate of drug-likeness (QED) is 0.761. The van der Waals surface area contributed by atoms with Crippen LogP contribution in [0.3, 0.4) is 0 Å². The average Bonchev–Trinajstić information content (AvgIpc) is 2.88. The summed E-state index contributed by atoms with van der Waals surface area (Å²) in [6.45, 7) is 6.66. The van der Waals surface area contributed by atoms with E-state index in [1.165, 1.54) is 11.1 Å². The van der Waals surface area contributed by atoms with Crippen molar-refractivity contribution >= 4 is 28.1 Å². The minimum Gasteiger partial charge on any atom is -0.261 e. The smallest absolute Gasteiger partial charge is 0.138 e. The van der Waals surface area contributed by atoms with Crippen LogP contribution in [0.1, 0.15) is 31.9 Å². The van der Waals surface area contributed by atoms with E-state index in [0.29, 0.717) is 0 Å². The van der Waals surface area contributed by atoms with E-state index in [-0.39, 0.29) is 11.5 Å². The summed E-state index contributed by atoms with van der Waals surface area (Å²) >= 11 is 1.62. The van der Waals surface area contributed by atoms with Crippen molar-refractivity contribution in [2.24, 2.45) is 15.2 Å². The maximum absolute atomic E-state index is 4.61. The van der Waals surface area contributed by atoms with Crippen LogP contribution in [0, 0.1) is 0 Å². The van der Waals surface area contributed by atoms with Crippen molar-refractivity contribution in [2.45, 2.75) is 32.2 Å². The molecule has 3 nitrogen and oxygen atoms in total. The molecule has 0 spiro atoms. The first kappa shape index (κ1) is 11.7. The van der Waals surface area contributed by atoms with Gasteiger partial charge in [0.25, 0.3) is 0 Å². The SMILES string of the molecule is CC(C)(C)c1ccc(C2=N[C@H]3C=NN=C3S2)cc1. The predicted molar refractivity (Wildman–Crippen MR) is 79.0 cm³/mol. The number of benzene rings is 1. The Hall–Kier alpha value is -1.42. The van der Waals surface area contributed by atoms with Crippen molar-refractivity contribution in [2.75, 3.05) is 0 Å². The van der Waals surface area contributed by atoms with E-state index in [1.807, 2.05) is 0 Å². The molecule has 1 atom stereocenters. The van der Waals surface area contributed by atoms with Crippen molar-refractivity contribution in [3.8, 4) is 0 Å². The number of hydrogen-bond donors (Lipinski definition) is 0. The number of hydrogen-bond acceptors (Lipinski definition) is 4. The van der Waals surface area contributed by atoms with Crippen LogP contribution in [-0.2, 0) is 5.41 Å². The Labute approximate surface area is 111 Å². The molecule has 2 heterocycles. The number of thioether (sulfide) groups is 1. The van der Waals surface area contributed by atoms with Crippen LogP contribution in [0.2, 0.25) is 0 Å². The number of nitrogens with zero attached hydrogens (tertiary/aromatic N) is 3. The summed E-state index contributed by atoms with van der Waals surface area (Å²) in [6, 6.07) is 8.72. The lowest BCUT2D eigenvalue weighted by atomic mass is 9.87. The van der Waals surface area contributed by atoms with Gasteiger partial charge < -0.3 is 0 Å². The van der Waals surface area contributed by atoms with Gasteiger partial charge in [-0.25, -0.2) is 0 Å². The van der Waals surface area contributed by atoms with Crippen LogP contribution in [0.25, 0.3) is 0 Å². The van der Waals surface area contributed by atoms with E-state index < -0.39 is 0 Å². The normalized spacial score (nSPS) is 21.8. The Bertz CT molecular complexity index is 562. The summed E-state index contributed by atoms with van der Waals surface area (Å²) in [5.41, 5.74) is 2.70. The number of fused-ring (bicyclic) bond motifs is 1. The molecule has 0 aromatic heterocycles. The van der Waals surface area contributed by atoms with Crippen molar-refractivity contribution in [3.63, 3.8) is 0 Å². The van der Waals surface area contributed by atoms with Crippen LogP contribution in [0.5, 0.6) is 0 Å². The topological polar surface area (TPSA) is 37.1 Å². The van der Waals surface area contributed by atoms with Gasteiger partial charge in [-0.2, -0.15) is 5.10 Å². The monoisotopic (exact) mass is 257 g/mol. The molecular weight excluding hydrogens is 242 g/mol. The van der Waals surface area contributed by atoms with E-state index in [4.69, 9.17) is 0 Å². The van der Waals surface area contributed by atoms with Crippen molar-refractivity contribution in [1.29, 1.82) is 0 Å². The molecule has 3 rings (SSSR count). The molecule has 0 fully saturated rings. The third kappa shape index (κ3) is 2.01. The summed E-state index contributed by atoms with van der Waals surface area (Å²) in [7, 11) is 0. The summed E-state index contributed by atoms with van der Waals surface area (Å²) in [5.74, 6) is 0. The van der Waals surface area contributed by atoms with Crippen LogP contribution in [-0.4, -0.2) is 22.3 Å². The first-order chi connectivity index (χ1) is 8.54. The maximum atomic E-state index is 4.61. The molecule has 0 radical (unpaired) electrons. The van der Waals surface area contributed by atoms with Crippen LogP contribution in [0.4, 0.5) is 0 Å². The molecule has 0 saturated heterocycles. The van der Waals surface area contributed by atoms with Gasteiger partial charge in [0.2, 0.25) is 0 Å². The van der Waals surface area contributed by atoms with Crippen molar-refractivity contribution in [3.05, 3.63) is 35.4 Å². The Morgan fingerprint density at radius 2 is 1.83 bits per heavy atom. The van der Waals surface area contributed by atoms with Gasteiger partial charge in [0.05, 0.1) is 6.21 Å². The number of aliphatic imine (C=N–C) groups is 1. The second-order valence-corrected chi connectivity index (χ2v) is 6.52. The third-order valence-electron chi connectivity index (χ3n) is 3.07. The molecule has 2 aliphatic rings. The summed E-state index contributed by atoms with van der Waals surface area (Å²) in [5, 5.41) is 9.98. The predicted octanol–water partition coefficient (Wildman–Crippen LogP) is 3.24. The molecular formula is C14H15N3S. The van der Waals surface area contributed by atoms with Gasteiger partial charge in [-0.15, -0.1) is 5.10 Å². The van der Waals surface area contributed by atoms with Crippen molar-refractivity contribution in [1.82, 2.24) is 0 Å². The molecule has 2 aliphatic heterocycles. The van der Waals surface area contributed by atoms with Gasteiger partial charge in [-0.05, 0) is 22.7 Å². The molecule has 0 aliphatic carbocycles. The van der Waals surface area contributed by atoms with Gasteiger partial charge in [0, 0.05) is 5.56 Å². The zero-order valence-corrected chi connectivity index (χ0v) is 11.5. The zero-order chi connectivity index (χ0) is 12.8. The highest BCUT2D eigenvalue weighted by Crippen LogP contribution is 2.29. The summed E-state index contributed by atoms with van der Waals surface area (Å²) < 4.78 is 0. The third-order valence-corrected chi connectivity index (χ3v) is 4.14. The first-order valence-electron chi connectivity index (χ1n) is 6.02. The Kier molecular flexibility index (Phi) is 2.63. The largest absolute Gasteiger partial charge is 0.261 e. The molecule has 0 amide bonds. The Morgan fingerprint density at radius 1 is 1.11 bits per heavy atom. The van der Waals surface area contributed by atoms with Crippen LogP contribution >= 0.6 is 11.8 Å². The summed E-state index contributed by atoms with van der Waals surface area (Å²) in [6.07, 6.45) is 1.79. The molecule has 1 aromatic carbocycles. The second kappa shape index (κ2) is 4.05. The molecule has 18 heavy (non-hydrogen) atoms. The minimum atomic E-state index is 0.0623. The van der Waals surface area contributed by atoms with E-state index in [9.17, 15) is 0 Å².